The second-order valence-corrected chi connectivity index (χ2v) is 8.41. The highest BCUT2D eigenvalue weighted by Gasteiger charge is 2.24. The van der Waals surface area contributed by atoms with Crippen molar-refractivity contribution in [3.05, 3.63) is 53.6 Å². The predicted molar refractivity (Wildman–Crippen MR) is 101 cm³/mol. The van der Waals surface area contributed by atoms with Crippen molar-refractivity contribution in [3.8, 4) is 5.75 Å². The fraction of sp³-hybridized carbons (Fsp3) is 0.263. The third kappa shape index (κ3) is 4.28. The Hall–Kier alpha value is -2.87. The zero-order valence-electron chi connectivity index (χ0n) is 14.8. The summed E-state index contributed by atoms with van der Waals surface area (Å²) >= 11 is 0. The normalized spacial score (nSPS) is 13.7. The maximum absolute atomic E-state index is 12.6. The second kappa shape index (κ2) is 7.40. The average molecular weight is 388 g/mol. The molecule has 8 heteroatoms. The molecular formula is C19H20N2O5S. The number of anilines is 1. The molecule has 0 atom stereocenters. The number of ether oxygens (including phenoxy) is 1. The lowest BCUT2D eigenvalue weighted by molar-refractivity contribution is -0.120. The van der Waals surface area contributed by atoms with Gasteiger partial charge in [-0.2, -0.15) is 0 Å². The Bertz CT molecular complexity index is 1000. The molecule has 0 saturated heterocycles. The number of fused-ring (bicyclic) bond motifs is 1. The molecule has 0 saturated carbocycles. The largest absolute Gasteiger partial charge is 0.484 e. The molecule has 7 nitrogen and oxygen atoms in total. The lowest BCUT2D eigenvalue weighted by atomic mass is 10.0. The summed E-state index contributed by atoms with van der Waals surface area (Å²) in [4.78, 5) is 25.7. The summed E-state index contributed by atoms with van der Waals surface area (Å²) in [5, 5.41) is 0. The number of sulfone groups is 1. The van der Waals surface area contributed by atoms with Gasteiger partial charge in [0.25, 0.3) is 5.91 Å². The Morgan fingerprint density at radius 1 is 1.19 bits per heavy atom. The van der Waals surface area contributed by atoms with Crippen LogP contribution in [0, 0.1) is 0 Å². The minimum atomic E-state index is -3.30. The van der Waals surface area contributed by atoms with Gasteiger partial charge in [0, 0.05) is 24.1 Å². The van der Waals surface area contributed by atoms with Crippen LogP contribution in [0.2, 0.25) is 0 Å². The molecule has 0 radical (unpaired) electrons. The molecule has 27 heavy (non-hydrogen) atoms. The van der Waals surface area contributed by atoms with Gasteiger partial charge in [0.15, 0.2) is 16.4 Å². The van der Waals surface area contributed by atoms with E-state index >= 15 is 0 Å². The van der Waals surface area contributed by atoms with Crippen LogP contribution in [0.4, 0.5) is 5.69 Å². The van der Waals surface area contributed by atoms with Gasteiger partial charge in [0.2, 0.25) is 5.91 Å². The van der Waals surface area contributed by atoms with Crippen LogP contribution in [-0.2, 0) is 21.1 Å². The highest BCUT2D eigenvalue weighted by Crippen LogP contribution is 2.29. The molecule has 2 aromatic rings. The average Bonchev–Trinajstić information content (AvgIpc) is 2.64. The fourth-order valence-electron chi connectivity index (χ4n) is 3.03. The standard InChI is InChI=1S/C19H20N2O5S/c1-27(24,25)16-7-8-17-13(11-16)5-3-9-21(17)18(22)12-26-15-6-2-4-14(10-15)19(20)23/h2,4,6-8,10-11H,3,5,9,12H2,1H3,(H2,20,23). The van der Waals surface area contributed by atoms with Crippen molar-refractivity contribution in [1.82, 2.24) is 0 Å². The summed E-state index contributed by atoms with van der Waals surface area (Å²) in [6, 6.07) is 11.1. The number of rotatable bonds is 5. The number of amides is 2. The van der Waals surface area contributed by atoms with Crippen LogP contribution in [0.5, 0.6) is 5.75 Å². The summed E-state index contributed by atoms with van der Waals surface area (Å²) in [6.45, 7) is 0.338. The van der Waals surface area contributed by atoms with E-state index in [0.717, 1.165) is 18.2 Å². The first-order valence-corrected chi connectivity index (χ1v) is 10.3. The van der Waals surface area contributed by atoms with E-state index in [4.69, 9.17) is 10.5 Å². The number of hydrogen-bond donors (Lipinski definition) is 1. The number of nitrogens with two attached hydrogens (primary N) is 1. The van der Waals surface area contributed by atoms with Crippen molar-refractivity contribution in [2.45, 2.75) is 17.7 Å². The quantitative estimate of drug-likeness (QED) is 0.836. The highest BCUT2D eigenvalue weighted by atomic mass is 32.2. The summed E-state index contributed by atoms with van der Waals surface area (Å²) in [6.07, 6.45) is 2.61. The van der Waals surface area contributed by atoms with Crippen molar-refractivity contribution in [2.75, 3.05) is 24.3 Å². The number of carbonyl (C=O) groups is 2. The Morgan fingerprint density at radius 3 is 2.67 bits per heavy atom. The number of aryl methyl sites for hydroxylation is 1. The first-order chi connectivity index (χ1) is 12.8. The van der Waals surface area contributed by atoms with E-state index in [0.29, 0.717) is 30.0 Å². The molecule has 0 aromatic heterocycles. The first-order valence-electron chi connectivity index (χ1n) is 8.42. The molecule has 0 unspecified atom stereocenters. The smallest absolute Gasteiger partial charge is 0.264 e. The van der Waals surface area contributed by atoms with Gasteiger partial charge >= 0.3 is 0 Å². The van der Waals surface area contributed by atoms with Crippen LogP contribution < -0.4 is 15.4 Å². The van der Waals surface area contributed by atoms with Gasteiger partial charge in [-0.15, -0.1) is 0 Å². The summed E-state index contributed by atoms with van der Waals surface area (Å²) in [5.74, 6) is -0.435. The van der Waals surface area contributed by atoms with Crippen LogP contribution in [0.1, 0.15) is 22.3 Å². The van der Waals surface area contributed by atoms with Gasteiger partial charge in [-0.1, -0.05) is 6.07 Å². The Morgan fingerprint density at radius 2 is 1.96 bits per heavy atom. The number of nitrogens with zero attached hydrogens (tertiary/aromatic N) is 1. The van der Waals surface area contributed by atoms with Gasteiger partial charge in [-0.25, -0.2) is 8.42 Å². The molecular weight excluding hydrogens is 368 g/mol. The number of benzene rings is 2. The molecule has 0 spiro atoms. The first kappa shape index (κ1) is 18.9. The Kier molecular flexibility index (Phi) is 5.18. The van der Waals surface area contributed by atoms with E-state index in [1.807, 2.05) is 0 Å². The SMILES string of the molecule is CS(=O)(=O)c1ccc2c(c1)CCCN2C(=O)COc1cccc(C(N)=O)c1. The van der Waals surface area contributed by atoms with Crippen LogP contribution in [0.3, 0.4) is 0 Å². The molecule has 142 valence electrons. The third-order valence-electron chi connectivity index (χ3n) is 4.38. The van der Waals surface area contributed by atoms with Crippen molar-refractivity contribution in [2.24, 2.45) is 5.73 Å². The van der Waals surface area contributed by atoms with Crippen molar-refractivity contribution in [3.63, 3.8) is 0 Å². The maximum atomic E-state index is 12.6. The number of hydrogen-bond acceptors (Lipinski definition) is 5. The molecule has 0 bridgehead atoms. The van der Waals surface area contributed by atoms with Crippen molar-refractivity contribution >= 4 is 27.3 Å². The van der Waals surface area contributed by atoms with Crippen LogP contribution in [0.25, 0.3) is 0 Å². The van der Waals surface area contributed by atoms with E-state index < -0.39 is 15.7 Å². The Balaban J connectivity index is 1.75. The van der Waals surface area contributed by atoms with E-state index in [1.54, 1.807) is 35.2 Å². The van der Waals surface area contributed by atoms with Crippen molar-refractivity contribution in [1.29, 1.82) is 0 Å². The van der Waals surface area contributed by atoms with E-state index in [9.17, 15) is 18.0 Å². The fourth-order valence-corrected chi connectivity index (χ4v) is 3.70. The minimum Gasteiger partial charge on any atom is -0.484 e. The molecule has 2 amide bonds. The van der Waals surface area contributed by atoms with Gasteiger partial charge in [-0.3, -0.25) is 9.59 Å². The third-order valence-corrected chi connectivity index (χ3v) is 5.49. The zero-order chi connectivity index (χ0) is 19.6. The molecule has 2 aromatic carbocycles. The molecule has 3 rings (SSSR count). The maximum Gasteiger partial charge on any atom is 0.264 e. The van der Waals surface area contributed by atoms with Gasteiger partial charge in [0.05, 0.1) is 4.90 Å². The molecule has 2 N–H and O–H groups in total. The molecule has 1 aliphatic heterocycles. The van der Waals surface area contributed by atoms with Gasteiger partial charge < -0.3 is 15.4 Å². The second-order valence-electron chi connectivity index (χ2n) is 6.39. The predicted octanol–water partition coefficient (Wildman–Crippen LogP) is 1.55. The van der Waals surface area contributed by atoms with E-state index in [-0.39, 0.29) is 17.4 Å². The van der Waals surface area contributed by atoms with E-state index in [1.165, 1.54) is 12.1 Å². The van der Waals surface area contributed by atoms with E-state index in [2.05, 4.69) is 0 Å². The monoisotopic (exact) mass is 388 g/mol. The topological polar surface area (TPSA) is 107 Å². The summed E-state index contributed by atoms with van der Waals surface area (Å²) < 4.78 is 29.0. The molecule has 1 aliphatic rings. The summed E-state index contributed by atoms with van der Waals surface area (Å²) in [5.41, 5.74) is 7.07. The van der Waals surface area contributed by atoms with Crippen LogP contribution >= 0.6 is 0 Å². The zero-order valence-corrected chi connectivity index (χ0v) is 15.7. The lowest BCUT2D eigenvalue weighted by Gasteiger charge is -2.29. The Labute approximate surface area is 157 Å². The van der Waals surface area contributed by atoms with Gasteiger partial charge in [-0.05, 0) is 54.8 Å². The van der Waals surface area contributed by atoms with Crippen LogP contribution in [-0.4, -0.2) is 39.6 Å². The van der Waals surface area contributed by atoms with Gasteiger partial charge in [0.1, 0.15) is 5.75 Å². The summed E-state index contributed by atoms with van der Waals surface area (Å²) in [7, 11) is -3.30. The molecule has 0 fully saturated rings. The lowest BCUT2D eigenvalue weighted by Crippen LogP contribution is -2.38. The number of carbonyl (C=O) groups excluding carboxylic acids is 2. The molecule has 1 heterocycles. The molecule has 0 aliphatic carbocycles. The minimum absolute atomic E-state index is 0.199. The highest BCUT2D eigenvalue weighted by molar-refractivity contribution is 7.90. The number of primary amides is 1. The van der Waals surface area contributed by atoms with Crippen LogP contribution in [0.15, 0.2) is 47.4 Å². The van der Waals surface area contributed by atoms with Crippen molar-refractivity contribution < 1.29 is 22.7 Å².